The van der Waals surface area contributed by atoms with Gasteiger partial charge in [0, 0.05) is 12.4 Å². The molecule has 2 aromatic rings. The molecule has 0 aliphatic rings. The normalized spacial score (nSPS) is 14.7. The SMILES string of the molecule is O=S(O)C(c1ccccc1)c1cc[nH]c1. The number of aromatic amines is 1. The van der Waals surface area contributed by atoms with E-state index in [1.54, 1.807) is 12.4 Å². The lowest BCUT2D eigenvalue weighted by Crippen LogP contribution is -2.06. The molecule has 0 spiro atoms. The van der Waals surface area contributed by atoms with Gasteiger partial charge in [-0.2, -0.15) is 0 Å². The molecule has 0 bridgehead atoms. The van der Waals surface area contributed by atoms with Crippen molar-refractivity contribution in [3.05, 3.63) is 59.9 Å². The molecule has 0 radical (unpaired) electrons. The first kappa shape index (κ1) is 10.1. The summed E-state index contributed by atoms with van der Waals surface area (Å²) in [5.41, 5.74) is 1.67. The summed E-state index contributed by atoms with van der Waals surface area (Å²) in [4.78, 5) is 2.89. The third kappa shape index (κ3) is 2.16. The van der Waals surface area contributed by atoms with Gasteiger partial charge in [0.2, 0.25) is 0 Å². The molecule has 0 saturated heterocycles. The van der Waals surface area contributed by atoms with Crippen LogP contribution in [0.15, 0.2) is 48.8 Å². The molecule has 15 heavy (non-hydrogen) atoms. The van der Waals surface area contributed by atoms with Gasteiger partial charge in [0.05, 0.1) is 0 Å². The van der Waals surface area contributed by atoms with Crippen LogP contribution in [-0.2, 0) is 11.1 Å². The van der Waals surface area contributed by atoms with Gasteiger partial charge in [-0.25, -0.2) is 4.21 Å². The van der Waals surface area contributed by atoms with Gasteiger partial charge in [-0.3, -0.25) is 0 Å². The van der Waals surface area contributed by atoms with Gasteiger partial charge in [-0.05, 0) is 17.2 Å². The van der Waals surface area contributed by atoms with Gasteiger partial charge in [-0.15, -0.1) is 0 Å². The van der Waals surface area contributed by atoms with Crippen molar-refractivity contribution in [3.63, 3.8) is 0 Å². The molecule has 1 heterocycles. The summed E-state index contributed by atoms with van der Waals surface area (Å²) in [6.07, 6.45) is 3.49. The molecule has 1 aromatic heterocycles. The number of rotatable bonds is 3. The Kier molecular flexibility index (Phi) is 2.99. The molecular formula is C11H11NO2S. The monoisotopic (exact) mass is 221 g/mol. The van der Waals surface area contributed by atoms with Crippen molar-refractivity contribution < 1.29 is 8.76 Å². The Morgan fingerprint density at radius 3 is 2.40 bits per heavy atom. The summed E-state index contributed by atoms with van der Waals surface area (Å²) in [6.45, 7) is 0. The maximum Gasteiger partial charge on any atom is 0.165 e. The Morgan fingerprint density at radius 2 is 1.87 bits per heavy atom. The highest BCUT2D eigenvalue weighted by Gasteiger charge is 2.19. The largest absolute Gasteiger partial charge is 0.367 e. The molecule has 2 atom stereocenters. The fourth-order valence-electron chi connectivity index (χ4n) is 1.55. The zero-order valence-corrected chi connectivity index (χ0v) is 8.78. The number of nitrogens with one attached hydrogen (secondary N) is 1. The Balaban J connectivity index is 2.42. The van der Waals surface area contributed by atoms with E-state index in [4.69, 9.17) is 0 Å². The highest BCUT2D eigenvalue weighted by Crippen LogP contribution is 2.26. The number of aromatic nitrogens is 1. The van der Waals surface area contributed by atoms with Crippen molar-refractivity contribution in [3.8, 4) is 0 Å². The van der Waals surface area contributed by atoms with Crippen molar-refractivity contribution in [1.82, 2.24) is 4.98 Å². The number of hydrogen-bond donors (Lipinski definition) is 2. The van der Waals surface area contributed by atoms with Crippen LogP contribution in [-0.4, -0.2) is 13.7 Å². The van der Waals surface area contributed by atoms with Crippen LogP contribution >= 0.6 is 0 Å². The summed E-state index contributed by atoms with van der Waals surface area (Å²) in [6, 6.07) is 11.1. The highest BCUT2D eigenvalue weighted by atomic mass is 32.2. The van der Waals surface area contributed by atoms with E-state index in [1.807, 2.05) is 36.4 Å². The minimum atomic E-state index is -1.90. The van der Waals surface area contributed by atoms with E-state index in [0.717, 1.165) is 11.1 Å². The number of benzene rings is 1. The molecule has 1 aromatic carbocycles. The van der Waals surface area contributed by atoms with Crippen LogP contribution in [0, 0.1) is 0 Å². The van der Waals surface area contributed by atoms with Crippen molar-refractivity contribution in [2.45, 2.75) is 5.25 Å². The second kappa shape index (κ2) is 4.42. The fraction of sp³-hybridized carbons (Fsp3) is 0.0909. The fourth-order valence-corrected chi connectivity index (χ4v) is 2.32. The molecule has 78 valence electrons. The maximum atomic E-state index is 11.3. The average Bonchev–Trinajstić information content (AvgIpc) is 2.72. The minimum absolute atomic E-state index is 0.475. The van der Waals surface area contributed by atoms with Gasteiger partial charge >= 0.3 is 0 Å². The van der Waals surface area contributed by atoms with Gasteiger partial charge in [0.15, 0.2) is 11.1 Å². The molecule has 0 fully saturated rings. The van der Waals surface area contributed by atoms with Gasteiger partial charge < -0.3 is 9.54 Å². The van der Waals surface area contributed by atoms with Crippen LogP contribution in [0.1, 0.15) is 16.4 Å². The topological polar surface area (TPSA) is 53.1 Å². The third-order valence-corrected chi connectivity index (χ3v) is 3.18. The van der Waals surface area contributed by atoms with Crippen LogP contribution in [0.2, 0.25) is 0 Å². The Bertz CT molecular complexity index is 439. The third-order valence-electron chi connectivity index (χ3n) is 2.23. The van der Waals surface area contributed by atoms with Gasteiger partial charge in [0.1, 0.15) is 5.25 Å². The zero-order valence-electron chi connectivity index (χ0n) is 7.96. The van der Waals surface area contributed by atoms with Crippen LogP contribution in [0.3, 0.4) is 0 Å². The summed E-state index contributed by atoms with van der Waals surface area (Å²) in [7, 11) is 0. The molecule has 3 nitrogen and oxygen atoms in total. The molecule has 0 aliphatic heterocycles. The van der Waals surface area contributed by atoms with Crippen molar-refractivity contribution in [1.29, 1.82) is 0 Å². The molecule has 2 N–H and O–H groups in total. The van der Waals surface area contributed by atoms with E-state index < -0.39 is 16.3 Å². The van der Waals surface area contributed by atoms with Crippen molar-refractivity contribution in [2.75, 3.05) is 0 Å². The van der Waals surface area contributed by atoms with Crippen LogP contribution in [0.25, 0.3) is 0 Å². The highest BCUT2D eigenvalue weighted by molar-refractivity contribution is 7.79. The molecule has 0 amide bonds. The molecule has 4 heteroatoms. The molecule has 0 saturated carbocycles. The first-order valence-corrected chi connectivity index (χ1v) is 5.73. The van der Waals surface area contributed by atoms with E-state index in [2.05, 4.69) is 4.98 Å². The maximum absolute atomic E-state index is 11.3. The average molecular weight is 221 g/mol. The number of H-pyrrole nitrogens is 1. The molecular weight excluding hydrogens is 210 g/mol. The predicted molar refractivity (Wildman–Crippen MR) is 59.8 cm³/mol. The van der Waals surface area contributed by atoms with Crippen LogP contribution < -0.4 is 0 Å². The summed E-state index contributed by atoms with van der Waals surface area (Å²) < 4.78 is 20.6. The molecule has 0 aliphatic carbocycles. The van der Waals surface area contributed by atoms with Crippen molar-refractivity contribution in [2.24, 2.45) is 0 Å². The second-order valence-electron chi connectivity index (χ2n) is 3.21. The van der Waals surface area contributed by atoms with Crippen LogP contribution in [0.5, 0.6) is 0 Å². The quantitative estimate of drug-likeness (QED) is 0.781. The van der Waals surface area contributed by atoms with Crippen molar-refractivity contribution >= 4 is 11.1 Å². The summed E-state index contributed by atoms with van der Waals surface area (Å²) in [5, 5.41) is -0.475. The van der Waals surface area contributed by atoms with Crippen LogP contribution in [0.4, 0.5) is 0 Å². The Morgan fingerprint density at radius 1 is 1.13 bits per heavy atom. The predicted octanol–water partition coefficient (Wildman–Crippen LogP) is 2.33. The first-order chi connectivity index (χ1) is 7.29. The van der Waals surface area contributed by atoms with E-state index in [-0.39, 0.29) is 0 Å². The van der Waals surface area contributed by atoms with Gasteiger partial charge in [0.25, 0.3) is 0 Å². The van der Waals surface area contributed by atoms with E-state index in [9.17, 15) is 8.76 Å². The van der Waals surface area contributed by atoms with E-state index in [1.165, 1.54) is 0 Å². The summed E-state index contributed by atoms with van der Waals surface area (Å²) >= 11 is -1.90. The standard InChI is InChI=1S/C11H11NO2S/c13-15(14)11(10-6-7-12-8-10)9-4-2-1-3-5-9/h1-8,11-12H,(H,13,14). The lowest BCUT2D eigenvalue weighted by molar-refractivity contribution is 0.557. The second-order valence-corrected chi connectivity index (χ2v) is 4.23. The number of hydrogen-bond acceptors (Lipinski definition) is 1. The lowest BCUT2D eigenvalue weighted by Gasteiger charge is -2.11. The molecule has 2 unspecified atom stereocenters. The minimum Gasteiger partial charge on any atom is -0.367 e. The first-order valence-electron chi connectivity index (χ1n) is 4.56. The Labute approximate surface area is 90.4 Å². The van der Waals surface area contributed by atoms with Gasteiger partial charge in [-0.1, -0.05) is 30.3 Å². The summed E-state index contributed by atoms with van der Waals surface area (Å²) in [5.74, 6) is 0. The van der Waals surface area contributed by atoms with E-state index in [0.29, 0.717) is 0 Å². The smallest absolute Gasteiger partial charge is 0.165 e. The Hall–Kier alpha value is -1.39. The molecule has 2 rings (SSSR count). The lowest BCUT2D eigenvalue weighted by atomic mass is 10.1. The van der Waals surface area contributed by atoms with E-state index >= 15 is 0 Å². The zero-order chi connectivity index (χ0) is 10.7.